The van der Waals surface area contributed by atoms with Crippen LogP contribution in [0.1, 0.15) is 103 Å². The molecule has 0 nitrogen and oxygen atoms in total. The van der Waals surface area contributed by atoms with Crippen molar-refractivity contribution in [3.8, 4) is 0 Å². The van der Waals surface area contributed by atoms with E-state index in [2.05, 4.69) is 51.1 Å². The van der Waals surface area contributed by atoms with E-state index in [4.69, 9.17) is 0 Å². The number of unbranched alkanes of at least 4 members (excludes halogenated alkanes) is 9. The zero-order valence-electron chi connectivity index (χ0n) is 18.1. The van der Waals surface area contributed by atoms with Gasteiger partial charge in [0.25, 0.3) is 0 Å². The van der Waals surface area contributed by atoms with Crippen LogP contribution in [-0.2, 0) is 4.37 Å². The number of hydrogen-bond acceptors (Lipinski definition) is 0. The number of benzene rings is 1. The van der Waals surface area contributed by atoms with Crippen LogP contribution >= 0.6 is 0 Å². The zero-order chi connectivity index (χ0) is 18.9. The molecule has 0 aliphatic heterocycles. The molecule has 0 unspecified atom stereocenters. The monoisotopic (exact) mass is 467 g/mol. The Labute approximate surface area is 169 Å². The minimum atomic E-state index is -1.91. The summed E-state index contributed by atoms with van der Waals surface area (Å²) in [5.41, 5.74) is 1.64. The van der Waals surface area contributed by atoms with Crippen molar-refractivity contribution < 1.29 is 0 Å². The van der Waals surface area contributed by atoms with Gasteiger partial charge in [-0.1, -0.05) is 0 Å². The van der Waals surface area contributed by atoms with E-state index in [0.29, 0.717) is 0 Å². The van der Waals surface area contributed by atoms with Gasteiger partial charge in [0.1, 0.15) is 0 Å². The Morgan fingerprint density at radius 3 is 1.54 bits per heavy atom. The van der Waals surface area contributed by atoms with Crippen LogP contribution in [0.2, 0.25) is 13.1 Å². The van der Waals surface area contributed by atoms with Gasteiger partial charge in [0.15, 0.2) is 0 Å². The fourth-order valence-electron chi connectivity index (χ4n) is 4.11. The van der Waals surface area contributed by atoms with Gasteiger partial charge in [-0.2, -0.15) is 0 Å². The first kappa shape index (κ1) is 24.1. The van der Waals surface area contributed by atoms with Crippen molar-refractivity contribution in [2.24, 2.45) is 0 Å². The summed E-state index contributed by atoms with van der Waals surface area (Å²) < 4.78 is 6.39. The molecule has 0 saturated carbocycles. The van der Waals surface area contributed by atoms with Crippen molar-refractivity contribution in [3.63, 3.8) is 0 Å². The van der Waals surface area contributed by atoms with Gasteiger partial charge in [-0.15, -0.1) is 0 Å². The first-order chi connectivity index (χ1) is 12.8. The molecule has 0 aliphatic carbocycles. The van der Waals surface area contributed by atoms with Crippen LogP contribution in [0.15, 0.2) is 30.3 Å². The minimum absolute atomic E-state index is 1.37. The van der Waals surface area contributed by atoms with Gasteiger partial charge < -0.3 is 0 Å². The van der Waals surface area contributed by atoms with E-state index in [1.165, 1.54) is 81.4 Å². The standard InChI is InChI=1S/C10H21.C7H7.2C4H9.Sb/c1-3-5-7-9-10-8-6-4-2;1-7-5-3-2-4-6-7;2*1-3-4-2;/h1,3-10H2,2H3;2-6H,1H2;2*1,3-4H2,2H3;. The van der Waals surface area contributed by atoms with Crippen molar-refractivity contribution in [1.82, 2.24) is 0 Å². The van der Waals surface area contributed by atoms with Crippen LogP contribution in [0.25, 0.3) is 0 Å². The SMILES string of the molecule is CCCCCCCCC[CH2][Sb]([CH2]CCC)([CH2]CCC)[CH2]c1ccccc1. The van der Waals surface area contributed by atoms with E-state index in [-0.39, 0.29) is 0 Å². The van der Waals surface area contributed by atoms with Gasteiger partial charge >= 0.3 is 170 Å². The van der Waals surface area contributed by atoms with E-state index in [0.717, 1.165) is 0 Å². The number of hydrogen-bond donors (Lipinski definition) is 0. The average Bonchev–Trinajstić information content (AvgIpc) is 2.67. The Hall–Kier alpha value is 0.0382. The van der Waals surface area contributed by atoms with Gasteiger partial charge in [0.05, 0.1) is 0 Å². The van der Waals surface area contributed by atoms with Crippen LogP contribution in [-0.4, -0.2) is 18.8 Å². The zero-order valence-corrected chi connectivity index (χ0v) is 20.7. The van der Waals surface area contributed by atoms with Gasteiger partial charge in [-0.25, -0.2) is 0 Å². The van der Waals surface area contributed by atoms with Crippen molar-refractivity contribution >= 4 is 18.8 Å². The Balaban J connectivity index is 2.54. The number of rotatable bonds is 17. The van der Waals surface area contributed by atoms with Crippen molar-refractivity contribution in [2.45, 2.75) is 115 Å². The van der Waals surface area contributed by atoms with Crippen LogP contribution in [0.4, 0.5) is 0 Å². The Morgan fingerprint density at radius 1 is 0.538 bits per heavy atom. The van der Waals surface area contributed by atoms with E-state index >= 15 is 0 Å². The summed E-state index contributed by atoms with van der Waals surface area (Å²) in [6.07, 6.45) is 17.4. The molecule has 0 spiro atoms. The molecule has 151 valence electrons. The summed E-state index contributed by atoms with van der Waals surface area (Å²) in [4.78, 5) is 0. The van der Waals surface area contributed by atoms with Crippen molar-refractivity contribution in [2.75, 3.05) is 0 Å². The van der Waals surface area contributed by atoms with Crippen LogP contribution in [0.3, 0.4) is 0 Å². The molecular formula is C25H46Sb. The summed E-state index contributed by atoms with van der Waals surface area (Å²) >= 11 is -1.91. The first-order valence-electron chi connectivity index (χ1n) is 11.7. The van der Waals surface area contributed by atoms with E-state index < -0.39 is 18.8 Å². The Morgan fingerprint density at radius 2 is 1.00 bits per heavy atom. The normalized spacial score (nSPS) is 11.8. The molecule has 0 aliphatic rings. The maximum absolute atomic E-state index is 2.40. The summed E-state index contributed by atoms with van der Waals surface area (Å²) in [5, 5.41) is 0. The topological polar surface area (TPSA) is 0 Å². The molecule has 0 fully saturated rings. The third-order valence-corrected chi connectivity index (χ3v) is 19.6. The summed E-state index contributed by atoms with van der Waals surface area (Å²) in [7, 11) is 0. The molecule has 0 aromatic heterocycles. The van der Waals surface area contributed by atoms with Crippen molar-refractivity contribution in [3.05, 3.63) is 35.9 Å². The fourth-order valence-corrected chi connectivity index (χ4v) is 18.4. The molecule has 1 aromatic rings. The second-order valence-corrected chi connectivity index (χ2v) is 20.7. The van der Waals surface area contributed by atoms with Gasteiger partial charge in [-0.3, -0.25) is 0 Å². The molecule has 1 radical (unpaired) electrons. The molecule has 1 rings (SSSR count). The van der Waals surface area contributed by atoms with Gasteiger partial charge in [0.2, 0.25) is 0 Å². The molecule has 0 atom stereocenters. The van der Waals surface area contributed by atoms with Gasteiger partial charge in [-0.05, 0) is 0 Å². The van der Waals surface area contributed by atoms with Crippen LogP contribution in [0.5, 0.6) is 0 Å². The van der Waals surface area contributed by atoms with Crippen LogP contribution in [0, 0.1) is 0 Å². The molecule has 0 saturated heterocycles. The maximum atomic E-state index is 2.40. The molecular weight excluding hydrogens is 422 g/mol. The third kappa shape index (κ3) is 11.0. The molecule has 1 aromatic carbocycles. The molecule has 0 N–H and O–H groups in total. The molecule has 26 heavy (non-hydrogen) atoms. The summed E-state index contributed by atoms with van der Waals surface area (Å²) in [6, 6.07) is 11.5. The molecule has 0 amide bonds. The Bertz CT molecular complexity index is 403. The molecule has 0 bridgehead atoms. The van der Waals surface area contributed by atoms with Crippen LogP contribution < -0.4 is 0 Å². The second-order valence-electron chi connectivity index (χ2n) is 8.34. The summed E-state index contributed by atoms with van der Waals surface area (Å²) in [5.74, 6) is 0. The Kier molecular flexibility index (Phi) is 14.8. The quantitative estimate of drug-likeness (QED) is 0.158. The first-order valence-corrected chi connectivity index (χ1v) is 18.9. The van der Waals surface area contributed by atoms with E-state index in [9.17, 15) is 0 Å². The predicted octanol–water partition coefficient (Wildman–Crippen LogP) is 8.96. The molecule has 0 heterocycles. The summed E-state index contributed by atoms with van der Waals surface area (Å²) in [6.45, 7) is 7.08. The average molecular weight is 468 g/mol. The van der Waals surface area contributed by atoms with E-state index in [1.807, 2.05) is 0 Å². The fraction of sp³-hybridized carbons (Fsp3) is 0.760. The van der Waals surface area contributed by atoms with E-state index in [1.54, 1.807) is 18.7 Å². The van der Waals surface area contributed by atoms with Crippen molar-refractivity contribution in [1.29, 1.82) is 0 Å². The predicted molar refractivity (Wildman–Crippen MR) is 123 cm³/mol. The second kappa shape index (κ2) is 16.0. The third-order valence-electron chi connectivity index (χ3n) is 5.82. The molecule has 1 heteroatoms. The van der Waals surface area contributed by atoms with Gasteiger partial charge in [0, 0.05) is 0 Å².